The van der Waals surface area contributed by atoms with Crippen LogP contribution < -0.4 is 15.2 Å². The number of benzene rings is 2. The van der Waals surface area contributed by atoms with Crippen LogP contribution in [0.15, 0.2) is 65.3 Å². The molecule has 2 aromatic carbocycles. The van der Waals surface area contributed by atoms with Gasteiger partial charge in [-0.1, -0.05) is 24.3 Å². The highest BCUT2D eigenvalue weighted by atomic mass is 16.2. The maximum Gasteiger partial charge on any atom is 0.335 e. The molecule has 5 amide bonds. The van der Waals surface area contributed by atoms with Crippen molar-refractivity contribution in [2.75, 3.05) is 9.91 Å². The smallest absolute Gasteiger partial charge is 0.273 e. The molecule has 0 bridgehead atoms. The van der Waals surface area contributed by atoms with E-state index in [1.54, 1.807) is 43.3 Å². The van der Waals surface area contributed by atoms with Crippen LogP contribution in [-0.4, -0.2) is 29.5 Å². The fourth-order valence-corrected chi connectivity index (χ4v) is 3.68. The van der Waals surface area contributed by atoms with Gasteiger partial charge in [0.15, 0.2) is 0 Å². The molecule has 8 heteroatoms. The predicted molar refractivity (Wildman–Crippen MR) is 116 cm³/mol. The molecule has 2 aliphatic rings. The highest BCUT2D eigenvalue weighted by molar-refractivity contribution is 6.38. The van der Waals surface area contributed by atoms with Crippen molar-refractivity contribution in [1.29, 1.82) is 0 Å². The Kier molecular flexibility index (Phi) is 4.98. The average molecular weight is 416 g/mol. The van der Waals surface area contributed by atoms with Crippen molar-refractivity contribution >= 4 is 40.8 Å². The number of imide groups is 2. The first-order valence-electron chi connectivity index (χ1n) is 9.70. The number of hydrogen-bond donors (Lipinski definition) is 1. The third kappa shape index (κ3) is 3.63. The van der Waals surface area contributed by atoms with Crippen molar-refractivity contribution in [1.82, 2.24) is 5.32 Å². The molecule has 0 aromatic heterocycles. The number of rotatable bonds is 3. The van der Waals surface area contributed by atoms with Crippen LogP contribution in [-0.2, 0) is 14.4 Å². The van der Waals surface area contributed by atoms with E-state index in [1.807, 2.05) is 26.0 Å². The van der Waals surface area contributed by atoms with Crippen molar-refractivity contribution in [3.63, 3.8) is 0 Å². The van der Waals surface area contributed by atoms with Crippen LogP contribution in [0, 0.1) is 19.8 Å². The van der Waals surface area contributed by atoms with Crippen molar-refractivity contribution in [2.24, 2.45) is 11.0 Å². The number of nitrogens with one attached hydrogen (secondary N) is 1. The first-order chi connectivity index (χ1) is 14.8. The number of hydrazone groups is 1. The summed E-state index contributed by atoms with van der Waals surface area (Å²) in [6.07, 6.45) is 1.28. The Morgan fingerprint density at radius 3 is 2.19 bits per heavy atom. The molecule has 0 saturated carbocycles. The fourth-order valence-electron chi connectivity index (χ4n) is 3.68. The Morgan fingerprint density at radius 1 is 0.903 bits per heavy atom. The Hall–Kier alpha value is -4.07. The second-order valence-electron chi connectivity index (χ2n) is 7.53. The summed E-state index contributed by atoms with van der Waals surface area (Å²) in [7, 11) is 0. The maximum atomic E-state index is 13.1. The van der Waals surface area contributed by atoms with Gasteiger partial charge >= 0.3 is 6.03 Å². The van der Waals surface area contributed by atoms with Gasteiger partial charge in [0.1, 0.15) is 5.57 Å². The third-order valence-corrected chi connectivity index (χ3v) is 5.08. The van der Waals surface area contributed by atoms with Gasteiger partial charge in [-0.25, -0.2) is 9.69 Å². The number of amides is 5. The summed E-state index contributed by atoms with van der Waals surface area (Å²) >= 11 is 0. The molecule has 2 heterocycles. The summed E-state index contributed by atoms with van der Waals surface area (Å²) in [6, 6.07) is 13.3. The van der Waals surface area contributed by atoms with Crippen molar-refractivity contribution in [3.8, 4) is 0 Å². The minimum atomic E-state index is -0.890. The van der Waals surface area contributed by atoms with E-state index in [4.69, 9.17) is 0 Å². The standard InChI is InChI=1S/C23H20N4O4/c1-13-9-14(2)11-17(10-13)26-21(29)19(20(28)24-23(26)31)12-18-15(3)25-27(22(18)30)16-7-5-4-6-8-16/h4-12,18H,1-3H3,(H,24,28,31)/t18-/m0/s1. The highest BCUT2D eigenvalue weighted by Crippen LogP contribution is 2.28. The summed E-state index contributed by atoms with van der Waals surface area (Å²) in [6.45, 7) is 5.35. The number of nitrogens with zero attached hydrogens (tertiary/aromatic N) is 3. The molecular formula is C23H20N4O4. The summed E-state index contributed by atoms with van der Waals surface area (Å²) in [4.78, 5) is 51.9. The van der Waals surface area contributed by atoms with Gasteiger partial charge in [-0.2, -0.15) is 10.1 Å². The minimum Gasteiger partial charge on any atom is -0.273 e. The fraction of sp³-hybridized carbons (Fsp3) is 0.174. The highest BCUT2D eigenvalue weighted by Gasteiger charge is 2.40. The van der Waals surface area contributed by atoms with Gasteiger partial charge in [0.25, 0.3) is 17.7 Å². The third-order valence-electron chi connectivity index (χ3n) is 5.08. The van der Waals surface area contributed by atoms with E-state index in [2.05, 4.69) is 10.4 Å². The lowest BCUT2D eigenvalue weighted by atomic mass is 9.98. The van der Waals surface area contributed by atoms with Gasteiger partial charge in [0.2, 0.25) is 0 Å². The van der Waals surface area contributed by atoms with Gasteiger partial charge in [-0.3, -0.25) is 19.7 Å². The SMILES string of the molecule is CC1=NN(c2ccccc2)C(=O)[C@H]1C=C1C(=O)NC(=O)N(c2cc(C)cc(C)c2)C1=O. The number of para-hydroxylation sites is 1. The number of barbiturate groups is 1. The molecule has 156 valence electrons. The second-order valence-corrected chi connectivity index (χ2v) is 7.53. The van der Waals surface area contributed by atoms with E-state index in [1.165, 1.54) is 11.1 Å². The summed E-state index contributed by atoms with van der Waals surface area (Å²) in [5, 5.41) is 7.72. The number of anilines is 2. The topological polar surface area (TPSA) is 99.2 Å². The van der Waals surface area contributed by atoms with Gasteiger partial charge in [0.05, 0.1) is 23.0 Å². The lowest BCUT2D eigenvalue weighted by Crippen LogP contribution is -2.54. The summed E-state index contributed by atoms with van der Waals surface area (Å²) < 4.78 is 0. The van der Waals surface area contributed by atoms with E-state index in [9.17, 15) is 19.2 Å². The Balaban J connectivity index is 1.69. The van der Waals surface area contributed by atoms with E-state index in [-0.39, 0.29) is 11.5 Å². The number of hydrogen-bond acceptors (Lipinski definition) is 5. The lowest BCUT2D eigenvalue weighted by molar-refractivity contribution is -0.122. The van der Waals surface area contributed by atoms with E-state index >= 15 is 0 Å². The molecule has 31 heavy (non-hydrogen) atoms. The van der Waals surface area contributed by atoms with Crippen molar-refractivity contribution in [3.05, 3.63) is 71.3 Å². The lowest BCUT2D eigenvalue weighted by Gasteiger charge is -2.27. The monoisotopic (exact) mass is 416 g/mol. The van der Waals surface area contributed by atoms with E-state index in [0.717, 1.165) is 16.0 Å². The van der Waals surface area contributed by atoms with Crippen LogP contribution in [0.5, 0.6) is 0 Å². The van der Waals surface area contributed by atoms with Gasteiger partial charge in [0, 0.05) is 0 Å². The first-order valence-corrected chi connectivity index (χ1v) is 9.70. The molecule has 1 N–H and O–H groups in total. The van der Waals surface area contributed by atoms with E-state index < -0.39 is 23.8 Å². The molecule has 0 unspecified atom stereocenters. The minimum absolute atomic E-state index is 0.276. The van der Waals surface area contributed by atoms with Crippen LogP contribution in [0.4, 0.5) is 16.2 Å². The zero-order chi connectivity index (χ0) is 22.3. The van der Waals surface area contributed by atoms with Crippen molar-refractivity contribution < 1.29 is 19.2 Å². The second kappa shape index (κ2) is 7.64. The summed E-state index contributed by atoms with van der Waals surface area (Å²) in [5.74, 6) is -2.89. The maximum absolute atomic E-state index is 13.1. The zero-order valence-corrected chi connectivity index (χ0v) is 17.2. The van der Waals surface area contributed by atoms with Gasteiger partial charge in [-0.05, 0) is 62.2 Å². The van der Waals surface area contributed by atoms with Crippen LogP contribution in [0.1, 0.15) is 18.1 Å². The summed E-state index contributed by atoms with van der Waals surface area (Å²) in [5.41, 5.74) is 2.83. The number of urea groups is 1. The van der Waals surface area contributed by atoms with Crippen LogP contribution >= 0.6 is 0 Å². The zero-order valence-electron chi connectivity index (χ0n) is 17.2. The molecule has 4 rings (SSSR count). The van der Waals surface area contributed by atoms with Gasteiger partial charge in [-0.15, -0.1) is 0 Å². The molecule has 1 fully saturated rings. The predicted octanol–water partition coefficient (Wildman–Crippen LogP) is 2.85. The Morgan fingerprint density at radius 2 is 1.55 bits per heavy atom. The number of carbonyl (C=O) groups excluding carboxylic acids is 4. The quantitative estimate of drug-likeness (QED) is 0.614. The van der Waals surface area contributed by atoms with Crippen LogP contribution in [0.25, 0.3) is 0 Å². The Bertz CT molecular complexity index is 1160. The molecule has 8 nitrogen and oxygen atoms in total. The van der Waals surface area contributed by atoms with E-state index in [0.29, 0.717) is 17.1 Å². The molecule has 0 aliphatic carbocycles. The Labute approximate surface area is 178 Å². The number of carbonyl (C=O) groups is 4. The molecular weight excluding hydrogens is 396 g/mol. The largest absolute Gasteiger partial charge is 0.335 e. The van der Waals surface area contributed by atoms with Crippen molar-refractivity contribution in [2.45, 2.75) is 20.8 Å². The molecule has 2 aliphatic heterocycles. The molecule has 2 aromatic rings. The molecule has 0 radical (unpaired) electrons. The first kappa shape index (κ1) is 20.2. The van der Waals surface area contributed by atoms with Crippen LogP contribution in [0.2, 0.25) is 0 Å². The average Bonchev–Trinajstić information content (AvgIpc) is 2.98. The number of aryl methyl sites for hydroxylation is 2. The molecule has 0 spiro atoms. The molecule has 1 saturated heterocycles. The molecule has 1 atom stereocenters. The van der Waals surface area contributed by atoms with Gasteiger partial charge < -0.3 is 0 Å². The van der Waals surface area contributed by atoms with Crippen LogP contribution in [0.3, 0.4) is 0 Å². The normalized spacial score (nSPS) is 20.4.